The second kappa shape index (κ2) is 11.5. The van der Waals surface area contributed by atoms with E-state index in [1.54, 1.807) is 6.20 Å². The molecule has 3 aromatic carbocycles. The van der Waals surface area contributed by atoms with Crippen molar-refractivity contribution in [1.29, 1.82) is 0 Å². The molecule has 0 atom stereocenters. The van der Waals surface area contributed by atoms with Crippen LogP contribution in [0.15, 0.2) is 94.9 Å². The first-order valence-electron chi connectivity index (χ1n) is 13.0. The molecule has 5 heteroatoms. The molecule has 0 aliphatic carbocycles. The Morgan fingerprint density at radius 2 is 1.76 bits per heavy atom. The Bertz CT molecular complexity index is 1460. The van der Waals surface area contributed by atoms with E-state index in [4.69, 9.17) is 13.6 Å². The van der Waals surface area contributed by atoms with Crippen LogP contribution in [0, 0.1) is 6.92 Å². The van der Waals surface area contributed by atoms with Crippen molar-refractivity contribution < 1.29 is 13.6 Å². The van der Waals surface area contributed by atoms with Gasteiger partial charge in [0.25, 0.3) is 5.89 Å². The van der Waals surface area contributed by atoms with E-state index in [-0.39, 0.29) is 0 Å². The van der Waals surface area contributed by atoms with Crippen molar-refractivity contribution in [2.45, 2.75) is 32.1 Å². The second-order valence-electron chi connectivity index (χ2n) is 9.48. The predicted octanol–water partition coefficient (Wildman–Crippen LogP) is 8.00. The highest BCUT2D eigenvalue weighted by Crippen LogP contribution is 2.34. The summed E-state index contributed by atoms with van der Waals surface area (Å²) in [5.41, 5.74) is 2.27. The number of likely N-dealkylation sites (tertiary alicyclic amines) is 1. The molecule has 0 N–H and O–H groups in total. The van der Waals surface area contributed by atoms with E-state index in [0.717, 1.165) is 48.5 Å². The zero-order valence-corrected chi connectivity index (χ0v) is 21.5. The van der Waals surface area contributed by atoms with Crippen LogP contribution in [0.25, 0.3) is 33.4 Å². The quantitative estimate of drug-likeness (QED) is 0.169. The van der Waals surface area contributed by atoms with Gasteiger partial charge in [0.15, 0.2) is 5.76 Å². The summed E-state index contributed by atoms with van der Waals surface area (Å²) >= 11 is 0. The van der Waals surface area contributed by atoms with Crippen molar-refractivity contribution in [2.75, 3.05) is 26.2 Å². The molecule has 5 aromatic rings. The van der Waals surface area contributed by atoms with Crippen molar-refractivity contribution >= 4 is 21.7 Å². The minimum atomic E-state index is 0.497. The van der Waals surface area contributed by atoms with Crippen LogP contribution < -0.4 is 4.74 Å². The number of aryl methyl sites for hydroxylation is 1. The molecule has 37 heavy (non-hydrogen) atoms. The van der Waals surface area contributed by atoms with Gasteiger partial charge in [-0.2, -0.15) is 0 Å². The topological polar surface area (TPSA) is 51.6 Å². The standard InChI is InChI=1S/C30H30N2O3.C2H4/c1-21-20-31-30(34-21)29-19-26-27(8-4-9-28(26)35-29)33-17-5-14-32-15-12-23(13-16-32)25-11-10-22-6-2-3-7-24(22)18-25;1-2/h2-4,6-11,18-20,23H,5,12-17H2,1H3;1-2H2. The summed E-state index contributed by atoms with van der Waals surface area (Å²) in [5, 5.41) is 3.62. The highest BCUT2D eigenvalue weighted by Gasteiger charge is 2.20. The summed E-state index contributed by atoms with van der Waals surface area (Å²) in [4.78, 5) is 6.84. The number of oxazole rings is 1. The largest absolute Gasteiger partial charge is 0.493 e. The van der Waals surface area contributed by atoms with Crippen LogP contribution in [0.1, 0.15) is 36.5 Å². The molecule has 1 saturated heterocycles. The molecular weight excluding hydrogens is 460 g/mol. The Balaban J connectivity index is 0.00000137. The summed E-state index contributed by atoms with van der Waals surface area (Å²) in [6.45, 7) is 11.9. The number of aromatic nitrogens is 1. The molecule has 5 nitrogen and oxygen atoms in total. The molecule has 0 unspecified atom stereocenters. The van der Waals surface area contributed by atoms with Crippen molar-refractivity contribution in [3.8, 4) is 17.4 Å². The number of piperidine rings is 1. The summed E-state index contributed by atoms with van der Waals surface area (Å²) in [6, 6.07) is 23.5. The lowest BCUT2D eigenvalue weighted by Crippen LogP contribution is -2.34. The number of nitrogens with zero attached hydrogens (tertiary/aromatic N) is 2. The first-order valence-corrected chi connectivity index (χ1v) is 13.0. The number of hydrogen-bond donors (Lipinski definition) is 0. The third-order valence-corrected chi connectivity index (χ3v) is 7.06. The third kappa shape index (κ3) is 5.62. The molecule has 2 aromatic heterocycles. The fraction of sp³-hybridized carbons (Fsp3) is 0.281. The highest BCUT2D eigenvalue weighted by molar-refractivity contribution is 5.87. The maximum absolute atomic E-state index is 6.16. The Labute approximate surface area is 218 Å². The molecule has 0 bridgehead atoms. The predicted molar refractivity (Wildman–Crippen MR) is 150 cm³/mol. The summed E-state index contributed by atoms with van der Waals surface area (Å²) in [7, 11) is 0. The SMILES string of the molecule is C=C.Cc1cnc(-c2cc3c(OCCCN4CCC(c5ccc6ccccc6c5)CC4)cccc3o2)o1. The van der Waals surface area contributed by atoms with Gasteiger partial charge in [-0.05, 0) is 73.7 Å². The number of fused-ring (bicyclic) bond motifs is 2. The van der Waals surface area contributed by atoms with Crippen LogP contribution in [0.3, 0.4) is 0 Å². The average molecular weight is 495 g/mol. The maximum atomic E-state index is 6.16. The van der Waals surface area contributed by atoms with Crippen LogP contribution in [0.4, 0.5) is 0 Å². The van der Waals surface area contributed by atoms with Crippen LogP contribution in [-0.2, 0) is 0 Å². The number of hydrogen-bond acceptors (Lipinski definition) is 5. The smallest absolute Gasteiger partial charge is 0.263 e. The van der Waals surface area contributed by atoms with Crippen molar-refractivity contribution in [2.24, 2.45) is 0 Å². The molecule has 0 amide bonds. The number of rotatable bonds is 7. The molecule has 3 heterocycles. The maximum Gasteiger partial charge on any atom is 0.263 e. The van der Waals surface area contributed by atoms with Gasteiger partial charge in [-0.15, -0.1) is 13.2 Å². The van der Waals surface area contributed by atoms with Gasteiger partial charge in [-0.3, -0.25) is 0 Å². The molecule has 0 saturated carbocycles. The number of ether oxygens (including phenoxy) is 1. The Kier molecular flexibility index (Phi) is 7.71. The number of furan rings is 1. The first kappa shape index (κ1) is 24.8. The van der Waals surface area contributed by atoms with Crippen molar-refractivity contribution in [3.05, 3.63) is 97.4 Å². The normalized spacial score (nSPS) is 14.5. The lowest BCUT2D eigenvalue weighted by atomic mass is 9.88. The first-order chi connectivity index (χ1) is 18.2. The van der Waals surface area contributed by atoms with Gasteiger partial charge >= 0.3 is 0 Å². The van der Waals surface area contributed by atoms with Crippen molar-refractivity contribution in [1.82, 2.24) is 9.88 Å². The lowest BCUT2D eigenvalue weighted by molar-refractivity contribution is 0.193. The fourth-order valence-corrected chi connectivity index (χ4v) is 5.16. The summed E-state index contributed by atoms with van der Waals surface area (Å²) < 4.78 is 17.7. The second-order valence-corrected chi connectivity index (χ2v) is 9.48. The molecule has 0 spiro atoms. The van der Waals surface area contributed by atoms with Gasteiger partial charge in [0.05, 0.1) is 18.2 Å². The zero-order valence-electron chi connectivity index (χ0n) is 21.5. The monoisotopic (exact) mass is 494 g/mol. The molecule has 0 radical (unpaired) electrons. The molecular formula is C32H34N2O3. The molecule has 1 aliphatic rings. The Hall–Kier alpha value is -3.83. The van der Waals surface area contributed by atoms with Gasteiger partial charge in [0.2, 0.25) is 0 Å². The van der Waals surface area contributed by atoms with Gasteiger partial charge in [-0.25, -0.2) is 4.98 Å². The summed E-state index contributed by atoms with van der Waals surface area (Å²) in [5.74, 6) is 3.39. The summed E-state index contributed by atoms with van der Waals surface area (Å²) in [6.07, 6.45) is 5.14. The van der Waals surface area contributed by atoms with Gasteiger partial charge in [0, 0.05) is 12.6 Å². The lowest BCUT2D eigenvalue weighted by Gasteiger charge is -2.32. The van der Waals surface area contributed by atoms with E-state index in [1.807, 2.05) is 31.2 Å². The zero-order chi connectivity index (χ0) is 25.6. The molecule has 6 rings (SSSR count). The molecule has 1 fully saturated rings. The van der Waals surface area contributed by atoms with Crippen LogP contribution in [0.5, 0.6) is 5.75 Å². The van der Waals surface area contributed by atoms with E-state index in [1.165, 1.54) is 29.2 Å². The van der Waals surface area contributed by atoms with E-state index in [9.17, 15) is 0 Å². The molecule has 1 aliphatic heterocycles. The van der Waals surface area contributed by atoms with Crippen LogP contribution in [0.2, 0.25) is 0 Å². The van der Waals surface area contributed by atoms with E-state index in [2.05, 4.69) is 65.5 Å². The average Bonchev–Trinajstić information content (AvgIpc) is 3.59. The Morgan fingerprint density at radius 1 is 0.946 bits per heavy atom. The Morgan fingerprint density at radius 3 is 2.54 bits per heavy atom. The van der Waals surface area contributed by atoms with Crippen LogP contribution in [-0.4, -0.2) is 36.1 Å². The minimum Gasteiger partial charge on any atom is -0.493 e. The highest BCUT2D eigenvalue weighted by atomic mass is 16.5. The van der Waals surface area contributed by atoms with E-state index < -0.39 is 0 Å². The minimum absolute atomic E-state index is 0.497. The van der Waals surface area contributed by atoms with Gasteiger partial charge in [-0.1, -0.05) is 48.5 Å². The van der Waals surface area contributed by atoms with E-state index >= 15 is 0 Å². The van der Waals surface area contributed by atoms with Gasteiger partial charge < -0.3 is 18.5 Å². The third-order valence-electron chi connectivity index (χ3n) is 7.06. The van der Waals surface area contributed by atoms with Gasteiger partial charge in [0.1, 0.15) is 17.1 Å². The van der Waals surface area contributed by atoms with E-state index in [0.29, 0.717) is 24.2 Å². The molecule has 190 valence electrons. The van der Waals surface area contributed by atoms with Crippen molar-refractivity contribution in [3.63, 3.8) is 0 Å². The number of benzene rings is 3. The fourth-order valence-electron chi connectivity index (χ4n) is 5.16. The van der Waals surface area contributed by atoms with Crippen LogP contribution >= 0.6 is 0 Å².